The van der Waals surface area contributed by atoms with Gasteiger partial charge in [-0.15, -0.1) is 12.4 Å². The van der Waals surface area contributed by atoms with E-state index in [1.54, 1.807) is 49.5 Å². The zero-order valence-electron chi connectivity index (χ0n) is 18.0. The molecule has 1 heterocycles. The Bertz CT molecular complexity index is 1370. The third-order valence-corrected chi connectivity index (χ3v) is 6.17. The van der Waals surface area contributed by atoms with Gasteiger partial charge in [0, 0.05) is 17.1 Å². The summed E-state index contributed by atoms with van der Waals surface area (Å²) in [6, 6.07) is 18.6. The zero-order valence-corrected chi connectivity index (χ0v) is 21.2. The van der Waals surface area contributed by atoms with E-state index in [2.05, 4.69) is 4.99 Å². The van der Waals surface area contributed by atoms with Crippen LogP contribution in [0.3, 0.4) is 0 Å². The van der Waals surface area contributed by atoms with E-state index in [4.69, 9.17) is 33.1 Å². The highest BCUT2D eigenvalue weighted by Gasteiger charge is 2.49. The molecular formula is C23H20Cl3N3O4S. The van der Waals surface area contributed by atoms with Gasteiger partial charge in [0.05, 0.1) is 6.26 Å². The molecule has 0 aliphatic carbocycles. The Morgan fingerprint density at radius 1 is 0.941 bits per heavy atom. The summed E-state index contributed by atoms with van der Waals surface area (Å²) in [4.78, 5) is 19.3. The predicted octanol–water partition coefficient (Wildman–Crippen LogP) is 4.45. The first-order valence-electron chi connectivity index (χ1n) is 9.70. The molecule has 1 aliphatic heterocycles. The monoisotopic (exact) mass is 539 g/mol. The van der Waals surface area contributed by atoms with Crippen molar-refractivity contribution < 1.29 is 17.4 Å². The Morgan fingerprint density at radius 2 is 1.56 bits per heavy atom. The molecule has 0 saturated heterocycles. The van der Waals surface area contributed by atoms with Crippen LogP contribution in [0.5, 0.6) is 5.75 Å². The Hall–Kier alpha value is -2.78. The highest BCUT2D eigenvalue weighted by molar-refractivity contribution is 7.86. The number of rotatable bonds is 5. The van der Waals surface area contributed by atoms with Crippen LogP contribution in [0, 0.1) is 0 Å². The van der Waals surface area contributed by atoms with Crippen molar-refractivity contribution in [1.82, 2.24) is 4.90 Å². The second-order valence-corrected chi connectivity index (χ2v) is 10.0. The third-order valence-electron chi connectivity index (χ3n) is 5.24. The smallest absolute Gasteiger partial charge is 0.306 e. The number of hydrogen-bond donors (Lipinski definition) is 1. The molecule has 11 heteroatoms. The van der Waals surface area contributed by atoms with Gasteiger partial charge in [-0.1, -0.05) is 53.5 Å². The molecule has 34 heavy (non-hydrogen) atoms. The van der Waals surface area contributed by atoms with E-state index in [9.17, 15) is 13.2 Å². The minimum atomic E-state index is -3.69. The maximum atomic E-state index is 13.5. The Kier molecular flexibility index (Phi) is 7.19. The first-order chi connectivity index (χ1) is 15.5. The van der Waals surface area contributed by atoms with Crippen LogP contribution < -0.4 is 9.92 Å². The maximum Gasteiger partial charge on any atom is 0.306 e. The lowest BCUT2D eigenvalue weighted by molar-refractivity contribution is -0.129. The highest BCUT2D eigenvalue weighted by Crippen LogP contribution is 2.41. The third kappa shape index (κ3) is 4.86. The molecule has 1 aliphatic rings. The van der Waals surface area contributed by atoms with Crippen molar-refractivity contribution in [2.75, 3.05) is 13.3 Å². The number of benzene rings is 3. The van der Waals surface area contributed by atoms with Crippen molar-refractivity contribution in [2.24, 2.45) is 10.7 Å². The van der Waals surface area contributed by atoms with Crippen LogP contribution in [0.25, 0.3) is 11.1 Å². The molecule has 3 aromatic rings. The Labute approximate surface area is 213 Å². The summed E-state index contributed by atoms with van der Waals surface area (Å²) in [7, 11) is -2.15. The molecular weight excluding hydrogens is 521 g/mol. The zero-order chi connectivity index (χ0) is 24.0. The quantitative estimate of drug-likeness (QED) is 0.482. The van der Waals surface area contributed by atoms with Gasteiger partial charge >= 0.3 is 10.1 Å². The lowest BCUT2D eigenvalue weighted by Crippen LogP contribution is -2.41. The lowest BCUT2D eigenvalue weighted by Gasteiger charge is -2.26. The van der Waals surface area contributed by atoms with Gasteiger partial charge in [-0.05, 0) is 58.7 Å². The van der Waals surface area contributed by atoms with Crippen molar-refractivity contribution in [3.8, 4) is 16.9 Å². The molecule has 1 amide bonds. The van der Waals surface area contributed by atoms with Gasteiger partial charge in [0.1, 0.15) is 5.75 Å². The molecule has 0 fully saturated rings. The summed E-state index contributed by atoms with van der Waals surface area (Å²) in [6.45, 7) is 0. The van der Waals surface area contributed by atoms with Crippen LogP contribution in [0.1, 0.15) is 11.1 Å². The molecule has 1 atom stereocenters. The van der Waals surface area contributed by atoms with Crippen LogP contribution in [0.2, 0.25) is 10.0 Å². The van der Waals surface area contributed by atoms with Crippen LogP contribution in [0.15, 0.2) is 71.7 Å². The van der Waals surface area contributed by atoms with E-state index in [1.165, 1.54) is 17.0 Å². The Balaban J connectivity index is 0.00000324. The fraction of sp³-hybridized carbons (Fsp3) is 0.130. The van der Waals surface area contributed by atoms with E-state index < -0.39 is 15.7 Å². The second kappa shape index (κ2) is 9.46. The number of carbonyl (C=O) groups is 1. The van der Waals surface area contributed by atoms with Gasteiger partial charge in [0.25, 0.3) is 5.91 Å². The summed E-state index contributed by atoms with van der Waals surface area (Å²) < 4.78 is 27.8. The topological polar surface area (TPSA) is 102 Å². The summed E-state index contributed by atoms with van der Waals surface area (Å²) >= 11 is 12.3. The number of hydrogen-bond acceptors (Lipinski definition) is 6. The normalized spacial score (nSPS) is 17.8. The number of halogens is 3. The van der Waals surface area contributed by atoms with Crippen LogP contribution >= 0.6 is 35.6 Å². The average molecular weight is 541 g/mol. The van der Waals surface area contributed by atoms with Crippen molar-refractivity contribution >= 4 is 57.6 Å². The molecule has 0 saturated carbocycles. The number of likely N-dealkylation sites (N-methyl/N-ethyl adjacent to an activating group) is 1. The minimum Gasteiger partial charge on any atom is -0.383 e. The van der Waals surface area contributed by atoms with Gasteiger partial charge in [-0.3, -0.25) is 9.69 Å². The molecule has 2 N–H and O–H groups in total. The van der Waals surface area contributed by atoms with Gasteiger partial charge in [-0.2, -0.15) is 8.42 Å². The average Bonchev–Trinajstić information content (AvgIpc) is 2.97. The SMILES string of the molecule is CN1C(=O)C(c2ccc(OS(C)(=O)=O)cc2)(c2cccc(-c3cc(Cl)cc(Cl)c3)c2)N=C1N.Cl. The van der Waals surface area contributed by atoms with Crippen LogP contribution in [-0.2, 0) is 20.5 Å². The molecule has 0 aromatic heterocycles. The standard InChI is InChI=1S/C23H19Cl2N3O4S.ClH/c1-28-21(29)23(27-22(28)26,16-6-8-20(9-7-16)32-33(2,30)31)17-5-3-4-14(10-17)15-11-18(24)13-19(25)12-15;/h3-13H,1-2H3,(H2,26,27);1H. The summed E-state index contributed by atoms with van der Waals surface area (Å²) in [6.07, 6.45) is 0.955. The largest absolute Gasteiger partial charge is 0.383 e. The van der Waals surface area contributed by atoms with Gasteiger partial charge in [0.2, 0.25) is 0 Å². The van der Waals surface area contributed by atoms with Crippen molar-refractivity contribution in [3.05, 3.63) is 87.9 Å². The molecule has 7 nitrogen and oxygen atoms in total. The number of aliphatic imine (C=N–C) groups is 1. The van der Waals surface area contributed by atoms with Crippen molar-refractivity contribution in [1.29, 1.82) is 0 Å². The van der Waals surface area contributed by atoms with Crippen LogP contribution in [0.4, 0.5) is 0 Å². The Morgan fingerprint density at radius 3 is 2.09 bits per heavy atom. The maximum absolute atomic E-state index is 13.5. The van der Waals surface area contributed by atoms with E-state index in [0.717, 1.165) is 17.4 Å². The van der Waals surface area contributed by atoms with E-state index in [-0.39, 0.29) is 30.0 Å². The number of nitrogens with two attached hydrogens (primary N) is 1. The van der Waals surface area contributed by atoms with Gasteiger partial charge < -0.3 is 9.92 Å². The number of amides is 1. The summed E-state index contributed by atoms with van der Waals surface area (Å²) in [5.41, 5.74) is 7.21. The molecule has 178 valence electrons. The van der Waals surface area contributed by atoms with E-state index >= 15 is 0 Å². The molecule has 0 bridgehead atoms. The summed E-state index contributed by atoms with van der Waals surface area (Å²) in [5, 5.41) is 0.969. The molecule has 3 aromatic carbocycles. The lowest BCUT2D eigenvalue weighted by atomic mass is 9.81. The highest BCUT2D eigenvalue weighted by atomic mass is 35.5. The van der Waals surface area contributed by atoms with E-state index in [0.29, 0.717) is 21.2 Å². The van der Waals surface area contributed by atoms with Gasteiger partial charge in [0.15, 0.2) is 11.5 Å². The first kappa shape index (κ1) is 25.8. The second-order valence-electron chi connectivity index (χ2n) is 7.60. The summed E-state index contributed by atoms with van der Waals surface area (Å²) in [5.74, 6) is -0.166. The van der Waals surface area contributed by atoms with Crippen molar-refractivity contribution in [3.63, 3.8) is 0 Å². The number of carbonyl (C=O) groups excluding carboxylic acids is 1. The number of guanidine groups is 1. The number of nitrogens with zero attached hydrogens (tertiary/aromatic N) is 2. The fourth-order valence-electron chi connectivity index (χ4n) is 3.75. The minimum absolute atomic E-state index is 0. The van der Waals surface area contributed by atoms with Crippen LogP contribution in [-0.4, -0.2) is 38.5 Å². The first-order valence-corrected chi connectivity index (χ1v) is 12.3. The predicted molar refractivity (Wildman–Crippen MR) is 136 cm³/mol. The van der Waals surface area contributed by atoms with Crippen molar-refractivity contribution in [2.45, 2.75) is 5.54 Å². The molecule has 0 spiro atoms. The molecule has 1 unspecified atom stereocenters. The molecule has 0 radical (unpaired) electrons. The molecule has 4 rings (SSSR count). The van der Waals surface area contributed by atoms with Gasteiger partial charge in [-0.25, -0.2) is 4.99 Å². The van der Waals surface area contributed by atoms with E-state index in [1.807, 2.05) is 12.1 Å². The fourth-order valence-corrected chi connectivity index (χ4v) is 4.74.